The molecule has 0 aliphatic rings. The van der Waals surface area contributed by atoms with Crippen LogP contribution in [0.5, 0.6) is 0 Å². The summed E-state index contributed by atoms with van der Waals surface area (Å²) in [5.74, 6) is 0.965. The molecule has 0 spiro atoms. The van der Waals surface area contributed by atoms with E-state index in [1.54, 1.807) is 11.8 Å². The molecule has 0 aromatic heterocycles. The van der Waals surface area contributed by atoms with Gasteiger partial charge >= 0.3 is 0 Å². The Morgan fingerprint density at radius 2 is 1.79 bits per heavy atom. The van der Waals surface area contributed by atoms with Crippen molar-refractivity contribution in [3.63, 3.8) is 0 Å². The number of halogens is 2. The van der Waals surface area contributed by atoms with E-state index in [0.29, 0.717) is 0 Å². The van der Waals surface area contributed by atoms with Gasteiger partial charge in [-0.25, -0.2) is 4.39 Å². The summed E-state index contributed by atoms with van der Waals surface area (Å²) in [7, 11) is 0. The summed E-state index contributed by atoms with van der Waals surface area (Å²) in [6.45, 7) is 0. The van der Waals surface area contributed by atoms with E-state index in [1.165, 1.54) is 31.4 Å². The van der Waals surface area contributed by atoms with Gasteiger partial charge in [-0.3, -0.25) is 0 Å². The van der Waals surface area contributed by atoms with Crippen molar-refractivity contribution in [3.8, 4) is 0 Å². The van der Waals surface area contributed by atoms with Gasteiger partial charge in [0.05, 0.1) is 0 Å². The second kappa shape index (κ2) is 7.30. The molecule has 0 radical (unpaired) electrons. The van der Waals surface area contributed by atoms with Crippen molar-refractivity contribution in [1.82, 2.24) is 0 Å². The van der Waals surface area contributed by atoms with Crippen LogP contribution in [-0.4, -0.2) is 11.1 Å². The third kappa shape index (κ3) is 5.01. The lowest BCUT2D eigenvalue weighted by Gasteiger charge is -2.00. The van der Waals surface area contributed by atoms with Crippen molar-refractivity contribution in [1.29, 1.82) is 0 Å². The second-order valence-corrected chi connectivity index (χ2v) is 5.01. The Morgan fingerprint density at radius 3 is 2.43 bits per heavy atom. The standard InChI is InChI=1S/C11H14BrFS/c12-8-2-1-3-9-14-11-6-4-10(13)5-7-11/h4-7H,1-3,8-9H2. The minimum Gasteiger partial charge on any atom is -0.207 e. The first kappa shape index (κ1) is 12.1. The second-order valence-electron chi connectivity index (χ2n) is 3.05. The van der Waals surface area contributed by atoms with Gasteiger partial charge in [0.2, 0.25) is 0 Å². The van der Waals surface area contributed by atoms with E-state index in [0.717, 1.165) is 16.0 Å². The van der Waals surface area contributed by atoms with Crippen molar-refractivity contribution in [3.05, 3.63) is 30.1 Å². The average molecular weight is 277 g/mol. The molecule has 0 aliphatic carbocycles. The SMILES string of the molecule is Fc1ccc(SCCCCCBr)cc1. The van der Waals surface area contributed by atoms with Gasteiger partial charge in [0.15, 0.2) is 0 Å². The summed E-state index contributed by atoms with van der Waals surface area (Å²) in [6, 6.07) is 6.70. The van der Waals surface area contributed by atoms with E-state index >= 15 is 0 Å². The zero-order valence-corrected chi connectivity index (χ0v) is 10.4. The van der Waals surface area contributed by atoms with Gasteiger partial charge in [-0.05, 0) is 42.9 Å². The predicted octanol–water partition coefficient (Wildman–Crippen LogP) is 4.48. The molecule has 0 aliphatic heterocycles. The van der Waals surface area contributed by atoms with Crippen LogP contribution in [0.25, 0.3) is 0 Å². The van der Waals surface area contributed by atoms with Gasteiger partial charge in [0.25, 0.3) is 0 Å². The molecule has 1 aromatic rings. The van der Waals surface area contributed by atoms with Crippen molar-refractivity contribution in [2.75, 3.05) is 11.1 Å². The predicted molar refractivity (Wildman–Crippen MR) is 64.8 cm³/mol. The molecule has 0 amide bonds. The Labute approximate surface area is 97.4 Å². The Kier molecular flexibility index (Phi) is 6.28. The van der Waals surface area contributed by atoms with Crippen LogP contribution in [0.3, 0.4) is 0 Å². The van der Waals surface area contributed by atoms with Crippen LogP contribution in [0.1, 0.15) is 19.3 Å². The van der Waals surface area contributed by atoms with Crippen LogP contribution in [0.4, 0.5) is 4.39 Å². The summed E-state index contributed by atoms with van der Waals surface area (Å²) < 4.78 is 12.6. The fourth-order valence-electron chi connectivity index (χ4n) is 1.09. The highest BCUT2D eigenvalue weighted by molar-refractivity contribution is 9.09. The van der Waals surface area contributed by atoms with Crippen molar-refractivity contribution in [2.45, 2.75) is 24.2 Å². The topological polar surface area (TPSA) is 0 Å². The van der Waals surface area contributed by atoms with Gasteiger partial charge in [0.1, 0.15) is 5.82 Å². The summed E-state index contributed by atoms with van der Waals surface area (Å²) in [6.07, 6.45) is 3.73. The van der Waals surface area contributed by atoms with E-state index < -0.39 is 0 Å². The Morgan fingerprint density at radius 1 is 1.07 bits per heavy atom. The normalized spacial score (nSPS) is 10.4. The van der Waals surface area contributed by atoms with Gasteiger partial charge in [-0.15, -0.1) is 11.8 Å². The Bertz CT molecular complexity index is 248. The molecule has 0 heterocycles. The number of benzene rings is 1. The fraction of sp³-hybridized carbons (Fsp3) is 0.455. The van der Waals surface area contributed by atoms with Gasteiger partial charge in [0, 0.05) is 10.2 Å². The molecule has 0 nitrogen and oxygen atoms in total. The summed E-state index contributed by atoms with van der Waals surface area (Å²) >= 11 is 5.20. The van der Waals surface area contributed by atoms with E-state index in [4.69, 9.17) is 0 Å². The zero-order valence-electron chi connectivity index (χ0n) is 8.01. The number of hydrogen-bond donors (Lipinski definition) is 0. The maximum Gasteiger partial charge on any atom is 0.123 e. The largest absolute Gasteiger partial charge is 0.207 e. The number of unbranched alkanes of at least 4 members (excludes halogenated alkanes) is 2. The highest BCUT2D eigenvalue weighted by Gasteiger charge is 1.94. The van der Waals surface area contributed by atoms with Crippen LogP contribution in [0, 0.1) is 5.82 Å². The van der Waals surface area contributed by atoms with Crippen molar-refractivity contribution >= 4 is 27.7 Å². The Balaban J connectivity index is 2.15. The van der Waals surface area contributed by atoms with Gasteiger partial charge in [-0.1, -0.05) is 22.4 Å². The quantitative estimate of drug-likeness (QED) is 0.419. The van der Waals surface area contributed by atoms with Crippen LogP contribution in [-0.2, 0) is 0 Å². The van der Waals surface area contributed by atoms with E-state index in [2.05, 4.69) is 15.9 Å². The first-order valence-corrected chi connectivity index (χ1v) is 6.88. The number of thioether (sulfide) groups is 1. The molecule has 0 atom stereocenters. The molecule has 1 rings (SSSR count). The molecule has 0 saturated carbocycles. The lowest BCUT2D eigenvalue weighted by molar-refractivity contribution is 0.626. The molecule has 1 aromatic carbocycles. The van der Waals surface area contributed by atoms with Crippen LogP contribution >= 0.6 is 27.7 Å². The molecule has 78 valence electrons. The average Bonchev–Trinajstić information content (AvgIpc) is 2.21. The highest BCUT2D eigenvalue weighted by Crippen LogP contribution is 2.19. The number of alkyl halides is 1. The summed E-state index contributed by atoms with van der Waals surface area (Å²) in [5, 5.41) is 1.09. The maximum atomic E-state index is 12.6. The monoisotopic (exact) mass is 276 g/mol. The summed E-state index contributed by atoms with van der Waals surface area (Å²) in [4.78, 5) is 1.16. The van der Waals surface area contributed by atoms with Gasteiger partial charge in [-0.2, -0.15) is 0 Å². The lowest BCUT2D eigenvalue weighted by atomic mass is 10.3. The van der Waals surface area contributed by atoms with Crippen LogP contribution < -0.4 is 0 Å². The molecule has 14 heavy (non-hydrogen) atoms. The first-order chi connectivity index (χ1) is 6.83. The van der Waals surface area contributed by atoms with E-state index in [9.17, 15) is 4.39 Å². The lowest BCUT2D eigenvalue weighted by Crippen LogP contribution is -1.82. The number of hydrogen-bond acceptors (Lipinski definition) is 1. The molecule has 0 bridgehead atoms. The summed E-state index contributed by atoms with van der Waals surface area (Å²) in [5.41, 5.74) is 0. The molecule has 0 fully saturated rings. The highest BCUT2D eigenvalue weighted by atomic mass is 79.9. The minimum atomic E-state index is -0.159. The fourth-order valence-corrected chi connectivity index (χ4v) is 2.40. The Hall–Kier alpha value is -0.0200. The molecular weight excluding hydrogens is 263 g/mol. The molecule has 0 unspecified atom stereocenters. The van der Waals surface area contributed by atoms with Crippen molar-refractivity contribution < 1.29 is 4.39 Å². The molecular formula is C11H14BrFS. The molecule has 0 N–H and O–H groups in total. The van der Waals surface area contributed by atoms with Gasteiger partial charge < -0.3 is 0 Å². The third-order valence-corrected chi connectivity index (χ3v) is 3.52. The third-order valence-electron chi connectivity index (χ3n) is 1.86. The van der Waals surface area contributed by atoms with Crippen molar-refractivity contribution in [2.24, 2.45) is 0 Å². The van der Waals surface area contributed by atoms with E-state index in [-0.39, 0.29) is 5.82 Å². The van der Waals surface area contributed by atoms with Crippen LogP contribution in [0.2, 0.25) is 0 Å². The van der Waals surface area contributed by atoms with E-state index in [1.807, 2.05) is 12.1 Å². The van der Waals surface area contributed by atoms with Crippen LogP contribution in [0.15, 0.2) is 29.2 Å². The zero-order chi connectivity index (χ0) is 10.2. The first-order valence-electron chi connectivity index (χ1n) is 4.77. The molecule has 3 heteroatoms. The molecule has 0 saturated heterocycles. The minimum absolute atomic E-state index is 0.159. The maximum absolute atomic E-state index is 12.6. The number of rotatable bonds is 6. The smallest absolute Gasteiger partial charge is 0.123 e.